The number of ketones is 1. The molecular weight excluding hydrogens is 259 g/mol. The molecule has 1 fully saturated rings. The maximum atomic E-state index is 13.0. The number of carbonyl (C=O) groups excluding carboxylic acids is 1. The molecule has 1 aromatic rings. The van der Waals surface area contributed by atoms with Crippen LogP contribution in [0.25, 0.3) is 0 Å². The van der Waals surface area contributed by atoms with Gasteiger partial charge in [-0.2, -0.15) is 11.8 Å². The predicted octanol–water partition coefficient (Wildman–Crippen LogP) is 4.20. The Kier molecular flexibility index (Phi) is 4.46. The molecule has 4 heteroatoms. The number of thioether (sulfide) groups is 1. The van der Waals surface area contributed by atoms with Crippen LogP contribution in [-0.2, 0) is 0 Å². The van der Waals surface area contributed by atoms with Gasteiger partial charge >= 0.3 is 0 Å². The minimum atomic E-state index is -0.475. The lowest BCUT2D eigenvalue weighted by Gasteiger charge is -2.20. The van der Waals surface area contributed by atoms with Gasteiger partial charge < -0.3 is 0 Å². The van der Waals surface area contributed by atoms with E-state index in [1.54, 1.807) is 0 Å². The van der Waals surface area contributed by atoms with Crippen molar-refractivity contribution in [3.63, 3.8) is 0 Å². The second-order valence-corrected chi connectivity index (χ2v) is 5.94. The van der Waals surface area contributed by atoms with Gasteiger partial charge in [0.15, 0.2) is 5.78 Å². The number of rotatable bonds is 3. The van der Waals surface area contributed by atoms with E-state index in [9.17, 15) is 9.18 Å². The molecular formula is C13H14ClFOS. The number of carbonyl (C=O) groups is 1. The predicted molar refractivity (Wildman–Crippen MR) is 70.4 cm³/mol. The van der Waals surface area contributed by atoms with Gasteiger partial charge in [-0.25, -0.2) is 4.39 Å². The molecule has 1 aliphatic heterocycles. The van der Waals surface area contributed by atoms with Gasteiger partial charge in [0.05, 0.1) is 5.02 Å². The fourth-order valence-electron chi connectivity index (χ4n) is 2.00. The lowest BCUT2D eigenvalue weighted by molar-refractivity contribution is 0.0958. The Bertz CT molecular complexity index is 416. The zero-order chi connectivity index (χ0) is 12.3. The average molecular weight is 273 g/mol. The molecule has 1 nitrogen and oxygen atoms in total. The van der Waals surface area contributed by atoms with E-state index in [0.717, 1.165) is 24.3 Å². The van der Waals surface area contributed by atoms with Crippen molar-refractivity contribution in [3.8, 4) is 0 Å². The van der Waals surface area contributed by atoms with E-state index < -0.39 is 5.82 Å². The van der Waals surface area contributed by atoms with Crippen molar-refractivity contribution in [3.05, 3.63) is 34.6 Å². The van der Waals surface area contributed by atoms with Gasteiger partial charge in [-0.05, 0) is 48.5 Å². The highest BCUT2D eigenvalue weighted by molar-refractivity contribution is 7.99. The first-order valence-electron chi connectivity index (χ1n) is 5.73. The Balaban J connectivity index is 2.01. The Morgan fingerprint density at radius 2 is 2.12 bits per heavy atom. The maximum Gasteiger partial charge on any atom is 0.163 e. The maximum absolute atomic E-state index is 13.0. The first kappa shape index (κ1) is 12.9. The molecule has 1 saturated heterocycles. The molecule has 92 valence electrons. The SMILES string of the molecule is O=C(CC1CCSCC1)c1ccc(F)c(Cl)c1. The zero-order valence-electron chi connectivity index (χ0n) is 9.42. The molecule has 0 atom stereocenters. The van der Waals surface area contributed by atoms with Crippen LogP contribution in [0.4, 0.5) is 4.39 Å². The molecule has 0 aromatic heterocycles. The van der Waals surface area contributed by atoms with Crippen LogP contribution < -0.4 is 0 Å². The zero-order valence-corrected chi connectivity index (χ0v) is 11.0. The molecule has 0 unspecified atom stereocenters. The number of hydrogen-bond donors (Lipinski definition) is 0. The van der Waals surface area contributed by atoms with Crippen LogP contribution in [0.2, 0.25) is 5.02 Å². The van der Waals surface area contributed by atoms with Crippen LogP contribution >= 0.6 is 23.4 Å². The van der Waals surface area contributed by atoms with E-state index >= 15 is 0 Å². The van der Waals surface area contributed by atoms with Crippen molar-refractivity contribution in [1.29, 1.82) is 0 Å². The Hall–Kier alpha value is -0.540. The van der Waals surface area contributed by atoms with Crippen LogP contribution in [-0.4, -0.2) is 17.3 Å². The van der Waals surface area contributed by atoms with E-state index in [-0.39, 0.29) is 10.8 Å². The summed E-state index contributed by atoms with van der Waals surface area (Å²) < 4.78 is 13.0. The quantitative estimate of drug-likeness (QED) is 0.768. The first-order chi connectivity index (χ1) is 8.16. The van der Waals surface area contributed by atoms with Crippen molar-refractivity contribution < 1.29 is 9.18 Å². The molecule has 0 N–H and O–H groups in total. The van der Waals surface area contributed by atoms with Crippen molar-refractivity contribution in [2.75, 3.05) is 11.5 Å². The molecule has 17 heavy (non-hydrogen) atoms. The third-order valence-electron chi connectivity index (χ3n) is 3.06. The van der Waals surface area contributed by atoms with Crippen molar-refractivity contribution in [2.24, 2.45) is 5.92 Å². The molecule has 0 saturated carbocycles. The van der Waals surface area contributed by atoms with Crippen molar-refractivity contribution >= 4 is 29.1 Å². The van der Waals surface area contributed by atoms with E-state index in [2.05, 4.69) is 0 Å². The normalized spacial score (nSPS) is 17.1. The van der Waals surface area contributed by atoms with Crippen LogP contribution in [0, 0.1) is 11.7 Å². The summed E-state index contributed by atoms with van der Waals surface area (Å²) in [6, 6.07) is 4.20. The third-order valence-corrected chi connectivity index (χ3v) is 4.39. The minimum absolute atomic E-state index is 0.0232. The lowest BCUT2D eigenvalue weighted by atomic mass is 9.93. The van der Waals surface area contributed by atoms with Gasteiger partial charge in [0.1, 0.15) is 5.82 Å². The topological polar surface area (TPSA) is 17.1 Å². The van der Waals surface area contributed by atoms with Crippen LogP contribution in [0.15, 0.2) is 18.2 Å². The summed E-state index contributed by atoms with van der Waals surface area (Å²) in [6.07, 6.45) is 2.76. The van der Waals surface area contributed by atoms with Gasteiger partial charge in [-0.15, -0.1) is 0 Å². The molecule has 0 amide bonds. The highest BCUT2D eigenvalue weighted by atomic mass is 35.5. The minimum Gasteiger partial charge on any atom is -0.294 e. The molecule has 2 rings (SSSR count). The summed E-state index contributed by atoms with van der Waals surface area (Å²) in [4.78, 5) is 12.0. The van der Waals surface area contributed by atoms with Crippen LogP contribution in [0.5, 0.6) is 0 Å². The summed E-state index contributed by atoms with van der Waals surface area (Å²) >= 11 is 7.61. The second kappa shape index (κ2) is 5.87. The van der Waals surface area contributed by atoms with Gasteiger partial charge in [-0.3, -0.25) is 4.79 Å². The van der Waals surface area contributed by atoms with Crippen molar-refractivity contribution in [2.45, 2.75) is 19.3 Å². The Morgan fingerprint density at radius 1 is 1.41 bits per heavy atom. The van der Waals surface area contributed by atoms with Crippen LogP contribution in [0.1, 0.15) is 29.6 Å². The summed E-state index contributed by atoms with van der Waals surface area (Å²) in [5.74, 6) is 2.36. The Morgan fingerprint density at radius 3 is 2.76 bits per heavy atom. The number of benzene rings is 1. The molecule has 1 aromatic carbocycles. The van der Waals surface area contributed by atoms with E-state index in [1.807, 2.05) is 11.8 Å². The van der Waals surface area contributed by atoms with E-state index in [4.69, 9.17) is 11.6 Å². The number of halogens is 2. The first-order valence-corrected chi connectivity index (χ1v) is 7.26. The fourth-order valence-corrected chi connectivity index (χ4v) is 3.38. The highest BCUT2D eigenvalue weighted by Gasteiger charge is 2.18. The van der Waals surface area contributed by atoms with E-state index in [0.29, 0.717) is 17.9 Å². The summed E-state index contributed by atoms with van der Waals surface area (Å²) in [5.41, 5.74) is 0.523. The summed E-state index contributed by atoms with van der Waals surface area (Å²) in [7, 11) is 0. The molecule has 0 radical (unpaired) electrons. The van der Waals surface area contributed by atoms with Crippen LogP contribution in [0.3, 0.4) is 0 Å². The highest BCUT2D eigenvalue weighted by Crippen LogP contribution is 2.27. The van der Waals surface area contributed by atoms with Gasteiger partial charge in [0.25, 0.3) is 0 Å². The largest absolute Gasteiger partial charge is 0.294 e. The molecule has 0 bridgehead atoms. The fraction of sp³-hybridized carbons (Fsp3) is 0.462. The number of Topliss-reactive ketones (excluding diaryl/α,β-unsaturated/α-hetero) is 1. The van der Waals surface area contributed by atoms with Gasteiger partial charge in [-0.1, -0.05) is 11.6 Å². The number of hydrogen-bond acceptors (Lipinski definition) is 2. The molecule has 0 aliphatic carbocycles. The summed E-state index contributed by atoms with van der Waals surface area (Å²) in [5, 5.41) is 0.0232. The summed E-state index contributed by atoms with van der Waals surface area (Å²) in [6.45, 7) is 0. The average Bonchev–Trinajstić information content (AvgIpc) is 2.34. The van der Waals surface area contributed by atoms with Crippen molar-refractivity contribution in [1.82, 2.24) is 0 Å². The molecule has 1 aliphatic rings. The molecule has 1 heterocycles. The Labute approximate surface area is 110 Å². The van der Waals surface area contributed by atoms with Gasteiger partial charge in [0, 0.05) is 12.0 Å². The smallest absolute Gasteiger partial charge is 0.163 e. The van der Waals surface area contributed by atoms with E-state index in [1.165, 1.54) is 18.2 Å². The monoisotopic (exact) mass is 272 g/mol. The lowest BCUT2D eigenvalue weighted by Crippen LogP contribution is -2.14. The molecule has 0 spiro atoms. The standard InChI is InChI=1S/C13H14ClFOS/c14-11-8-10(1-2-12(11)15)13(16)7-9-3-5-17-6-4-9/h1-2,8-9H,3-7H2. The third kappa shape index (κ3) is 3.46. The van der Waals surface area contributed by atoms with Gasteiger partial charge in [0.2, 0.25) is 0 Å². The second-order valence-electron chi connectivity index (χ2n) is 4.31.